The molecule has 1 aliphatic heterocycles. The highest BCUT2D eigenvalue weighted by Gasteiger charge is 2.41. The van der Waals surface area contributed by atoms with Crippen molar-refractivity contribution in [2.75, 3.05) is 34.1 Å². The number of nitrogens with zero attached hydrogens (tertiary/aromatic N) is 1. The van der Waals surface area contributed by atoms with Crippen molar-refractivity contribution in [1.82, 2.24) is 4.90 Å². The molecule has 5 rings (SSSR count). The number of carbonyl (C=O) groups is 1. The highest BCUT2D eigenvalue weighted by atomic mass is 19.4. The summed E-state index contributed by atoms with van der Waals surface area (Å²) in [6.45, 7) is 2.70. The zero-order chi connectivity index (χ0) is 30.7. The Bertz CT molecular complexity index is 1700. The van der Waals surface area contributed by atoms with Gasteiger partial charge in [0.25, 0.3) is 5.76 Å². The van der Waals surface area contributed by atoms with E-state index in [0.717, 1.165) is 5.56 Å². The van der Waals surface area contributed by atoms with Gasteiger partial charge in [-0.15, -0.1) is 0 Å². The van der Waals surface area contributed by atoms with Crippen molar-refractivity contribution in [3.8, 4) is 28.7 Å². The maximum atomic E-state index is 14.2. The molecule has 0 unspecified atom stereocenters. The summed E-state index contributed by atoms with van der Waals surface area (Å²) in [7, 11) is 3.09. The predicted molar refractivity (Wildman–Crippen MR) is 149 cm³/mol. The molecule has 0 spiro atoms. The highest BCUT2D eigenvalue weighted by molar-refractivity contribution is 5.89. The number of benzene rings is 3. The molecule has 226 valence electrons. The zero-order valence-electron chi connectivity index (χ0n) is 23.6. The van der Waals surface area contributed by atoms with Crippen LogP contribution in [-0.4, -0.2) is 45.0 Å². The lowest BCUT2D eigenvalue weighted by Gasteiger charge is -2.29. The number of alkyl halides is 3. The Morgan fingerprint density at radius 1 is 1.00 bits per heavy atom. The molecule has 0 atom stereocenters. The molecular formula is C31H28F3NO8. The summed E-state index contributed by atoms with van der Waals surface area (Å²) in [4.78, 5) is 27.2. The lowest BCUT2D eigenvalue weighted by Crippen LogP contribution is -2.34. The molecule has 0 saturated heterocycles. The van der Waals surface area contributed by atoms with Crippen LogP contribution in [0.15, 0.2) is 63.8 Å². The first-order valence-corrected chi connectivity index (χ1v) is 13.3. The van der Waals surface area contributed by atoms with Crippen LogP contribution in [0.5, 0.6) is 28.7 Å². The molecule has 1 aromatic heterocycles. The third kappa shape index (κ3) is 6.24. The van der Waals surface area contributed by atoms with Crippen molar-refractivity contribution >= 4 is 16.9 Å². The van der Waals surface area contributed by atoms with E-state index in [1.54, 1.807) is 27.2 Å². The molecule has 2 heterocycles. The van der Waals surface area contributed by atoms with E-state index in [4.69, 9.17) is 28.1 Å². The monoisotopic (exact) mass is 599 g/mol. The number of carbonyl (C=O) groups excluding carboxylic acids is 1. The molecule has 0 bridgehead atoms. The lowest BCUT2D eigenvalue weighted by atomic mass is 10.1. The van der Waals surface area contributed by atoms with Crippen molar-refractivity contribution in [2.24, 2.45) is 0 Å². The van der Waals surface area contributed by atoms with Gasteiger partial charge in [-0.2, -0.15) is 13.2 Å². The van der Waals surface area contributed by atoms with Crippen LogP contribution in [0.25, 0.3) is 11.0 Å². The molecule has 43 heavy (non-hydrogen) atoms. The Balaban J connectivity index is 1.44. The Labute approximate surface area is 244 Å². The normalized spacial score (nSPS) is 13.3. The third-order valence-corrected chi connectivity index (χ3v) is 6.87. The SMILES string of the molecule is CCOC(=O)c1ccc(Oc2c(C(F)(F)F)oc3c4c(ccc3c2=O)OCN(CCc2ccc(OC)c(OC)c2)C4)cc1. The fraction of sp³-hybridized carbons (Fsp3) is 0.290. The molecule has 0 amide bonds. The minimum absolute atomic E-state index is 0.0877. The van der Waals surface area contributed by atoms with E-state index in [1.165, 1.54) is 36.4 Å². The number of rotatable bonds is 9. The average Bonchev–Trinajstić information content (AvgIpc) is 3.00. The quantitative estimate of drug-likeness (QED) is 0.209. The van der Waals surface area contributed by atoms with Crippen LogP contribution in [0.1, 0.15) is 34.2 Å². The van der Waals surface area contributed by atoms with E-state index in [1.807, 2.05) is 17.0 Å². The third-order valence-electron chi connectivity index (χ3n) is 6.87. The first-order chi connectivity index (χ1) is 20.6. The lowest BCUT2D eigenvalue weighted by molar-refractivity contribution is -0.154. The number of halogens is 3. The van der Waals surface area contributed by atoms with Crippen LogP contribution in [0.2, 0.25) is 0 Å². The van der Waals surface area contributed by atoms with E-state index in [9.17, 15) is 22.8 Å². The zero-order valence-corrected chi connectivity index (χ0v) is 23.6. The highest BCUT2D eigenvalue weighted by Crippen LogP contribution is 2.41. The van der Waals surface area contributed by atoms with Gasteiger partial charge in [-0.05, 0) is 67.4 Å². The van der Waals surface area contributed by atoms with E-state index < -0.39 is 29.1 Å². The first kappa shape index (κ1) is 29.8. The fourth-order valence-electron chi connectivity index (χ4n) is 4.73. The molecule has 3 aromatic carbocycles. The maximum Gasteiger partial charge on any atom is 0.453 e. The van der Waals surface area contributed by atoms with Gasteiger partial charge in [0.2, 0.25) is 11.2 Å². The molecule has 9 nitrogen and oxygen atoms in total. The van der Waals surface area contributed by atoms with Gasteiger partial charge in [-0.3, -0.25) is 9.69 Å². The number of ether oxygens (including phenoxy) is 5. The molecule has 0 fully saturated rings. The van der Waals surface area contributed by atoms with Crippen LogP contribution in [0.4, 0.5) is 13.2 Å². The predicted octanol–water partition coefficient (Wildman–Crippen LogP) is 6.19. The number of hydrogen-bond acceptors (Lipinski definition) is 9. The summed E-state index contributed by atoms with van der Waals surface area (Å²) < 4.78 is 74.8. The van der Waals surface area contributed by atoms with Crippen LogP contribution in [0, 0.1) is 0 Å². The van der Waals surface area contributed by atoms with Crippen molar-refractivity contribution in [3.05, 3.63) is 87.3 Å². The molecule has 1 aliphatic rings. The summed E-state index contributed by atoms with van der Waals surface area (Å²) in [5.74, 6) is -1.76. The van der Waals surface area contributed by atoms with Gasteiger partial charge in [0.15, 0.2) is 11.5 Å². The molecule has 0 aliphatic carbocycles. The number of methoxy groups -OCH3 is 2. The van der Waals surface area contributed by atoms with Gasteiger partial charge in [0, 0.05) is 13.1 Å². The Morgan fingerprint density at radius 3 is 2.42 bits per heavy atom. The van der Waals surface area contributed by atoms with E-state index >= 15 is 0 Å². The summed E-state index contributed by atoms with van der Waals surface area (Å²) in [6, 6.07) is 13.6. The van der Waals surface area contributed by atoms with E-state index in [2.05, 4.69) is 0 Å². The van der Waals surface area contributed by atoms with Gasteiger partial charge in [0.1, 0.15) is 23.8 Å². The molecule has 4 aromatic rings. The molecular weight excluding hydrogens is 571 g/mol. The summed E-state index contributed by atoms with van der Waals surface area (Å²) in [5.41, 5.74) is 0.246. The minimum atomic E-state index is -5.04. The Morgan fingerprint density at radius 2 is 1.74 bits per heavy atom. The van der Waals surface area contributed by atoms with Crippen molar-refractivity contribution in [1.29, 1.82) is 0 Å². The molecule has 0 saturated carbocycles. The second-order valence-electron chi connectivity index (χ2n) is 9.62. The first-order valence-electron chi connectivity index (χ1n) is 13.3. The minimum Gasteiger partial charge on any atom is -0.493 e. The van der Waals surface area contributed by atoms with Crippen LogP contribution in [0.3, 0.4) is 0 Å². The van der Waals surface area contributed by atoms with Crippen molar-refractivity contribution in [3.63, 3.8) is 0 Å². The van der Waals surface area contributed by atoms with Gasteiger partial charge in [-0.1, -0.05) is 6.07 Å². The summed E-state index contributed by atoms with van der Waals surface area (Å²) in [6.07, 6.45) is -4.45. The number of hydrogen-bond donors (Lipinski definition) is 0. The summed E-state index contributed by atoms with van der Waals surface area (Å²) in [5, 5.41) is -0.0877. The Kier molecular flexibility index (Phi) is 8.49. The topological polar surface area (TPSA) is 96.7 Å². The van der Waals surface area contributed by atoms with Gasteiger partial charge >= 0.3 is 12.1 Å². The second-order valence-corrected chi connectivity index (χ2v) is 9.62. The maximum absolute atomic E-state index is 14.2. The van der Waals surface area contributed by atoms with Crippen molar-refractivity contribution in [2.45, 2.75) is 26.1 Å². The smallest absolute Gasteiger partial charge is 0.453 e. The standard InChI is InChI=1S/C31H28F3NO8/c1-4-40-30(37)19-6-8-20(9-7-19)42-28-26(36)21-10-12-23-22(27(21)43-29(28)31(32,33)34)16-35(17-41-23)14-13-18-5-11-24(38-2)25(15-18)39-3/h5-12,15H,4,13-14,16-17H2,1-3H3. The van der Waals surface area contributed by atoms with Crippen molar-refractivity contribution < 1.29 is 46.1 Å². The van der Waals surface area contributed by atoms with Gasteiger partial charge in [0.05, 0.1) is 37.3 Å². The van der Waals surface area contributed by atoms with Gasteiger partial charge in [-0.25, -0.2) is 4.79 Å². The summed E-state index contributed by atoms with van der Waals surface area (Å²) >= 11 is 0. The van der Waals surface area contributed by atoms with E-state index in [0.29, 0.717) is 35.8 Å². The van der Waals surface area contributed by atoms with Crippen LogP contribution >= 0.6 is 0 Å². The second kappa shape index (κ2) is 12.3. The van der Waals surface area contributed by atoms with Gasteiger partial charge < -0.3 is 28.1 Å². The van der Waals surface area contributed by atoms with Crippen LogP contribution < -0.4 is 24.4 Å². The fourth-order valence-corrected chi connectivity index (χ4v) is 4.73. The number of esters is 1. The largest absolute Gasteiger partial charge is 0.493 e. The molecule has 0 radical (unpaired) electrons. The molecule has 0 N–H and O–H groups in total. The average molecular weight is 600 g/mol. The van der Waals surface area contributed by atoms with E-state index in [-0.39, 0.29) is 42.2 Å². The number of fused-ring (bicyclic) bond motifs is 3. The van der Waals surface area contributed by atoms with Crippen LogP contribution in [-0.2, 0) is 23.9 Å². The Hall–Kier alpha value is -4.71. The molecule has 12 heteroatoms.